The topological polar surface area (TPSA) is 52.6 Å². The molecule has 0 saturated carbocycles. The van der Waals surface area contributed by atoms with E-state index in [1.165, 1.54) is 12.2 Å². The maximum absolute atomic E-state index is 11.5. The van der Waals surface area contributed by atoms with Gasteiger partial charge < -0.3 is 9.47 Å². The van der Waals surface area contributed by atoms with E-state index < -0.39 is 17.4 Å². The number of esters is 2. The van der Waals surface area contributed by atoms with Crippen LogP contribution in [0.2, 0.25) is 0 Å². The quantitative estimate of drug-likeness (QED) is 0.385. The van der Waals surface area contributed by atoms with Gasteiger partial charge in [-0.3, -0.25) is 9.59 Å². The molecule has 1 aliphatic heterocycles. The van der Waals surface area contributed by atoms with Gasteiger partial charge in [0, 0.05) is 0 Å². The first kappa shape index (κ1) is 10.5. The lowest BCUT2D eigenvalue weighted by Gasteiger charge is -2.30. The van der Waals surface area contributed by atoms with Crippen molar-refractivity contribution in [2.75, 3.05) is 6.79 Å². The van der Waals surface area contributed by atoms with Crippen molar-refractivity contribution in [2.24, 2.45) is 5.41 Å². The van der Waals surface area contributed by atoms with Gasteiger partial charge in [0.1, 0.15) is 0 Å². The highest BCUT2D eigenvalue weighted by Gasteiger charge is 2.49. The zero-order chi connectivity index (χ0) is 10.6. The summed E-state index contributed by atoms with van der Waals surface area (Å²) in [5.41, 5.74) is -1.26. The van der Waals surface area contributed by atoms with Crippen LogP contribution in [-0.2, 0) is 19.1 Å². The number of hydrogen-bond acceptors (Lipinski definition) is 4. The molecular weight excluding hydrogens is 184 g/mol. The first-order chi connectivity index (χ1) is 6.67. The summed E-state index contributed by atoms with van der Waals surface area (Å²) in [6, 6.07) is 0. The van der Waals surface area contributed by atoms with E-state index in [9.17, 15) is 9.59 Å². The van der Waals surface area contributed by atoms with Gasteiger partial charge in [-0.1, -0.05) is 12.2 Å². The van der Waals surface area contributed by atoms with E-state index in [-0.39, 0.29) is 19.6 Å². The lowest BCUT2D eigenvalue weighted by Crippen LogP contribution is -2.46. The second-order valence-electron chi connectivity index (χ2n) is 3.05. The van der Waals surface area contributed by atoms with Gasteiger partial charge in [0.25, 0.3) is 0 Å². The molecule has 0 spiro atoms. The standard InChI is InChI=1S/C10H12O4/c1-3-5-10(6-4-2)8(11)13-7-14-9(10)12/h3-4H,1-2,5-7H2. The van der Waals surface area contributed by atoms with E-state index in [1.807, 2.05) is 0 Å². The Hall–Kier alpha value is -1.58. The highest BCUT2D eigenvalue weighted by Crippen LogP contribution is 2.33. The summed E-state index contributed by atoms with van der Waals surface area (Å²) in [7, 11) is 0. The third-order valence-electron chi connectivity index (χ3n) is 2.15. The molecule has 4 nitrogen and oxygen atoms in total. The summed E-state index contributed by atoms with van der Waals surface area (Å²) in [5.74, 6) is -1.12. The van der Waals surface area contributed by atoms with Crippen molar-refractivity contribution in [3.8, 4) is 0 Å². The molecule has 1 rings (SSSR count). The van der Waals surface area contributed by atoms with Crippen LogP contribution in [0, 0.1) is 5.41 Å². The number of allylic oxidation sites excluding steroid dienone is 2. The normalized spacial score (nSPS) is 19.4. The minimum Gasteiger partial charge on any atom is -0.427 e. The molecule has 4 heteroatoms. The molecule has 76 valence electrons. The van der Waals surface area contributed by atoms with E-state index in [1.54, 1.807) is 0 Å². The highest BCUT2D eigenvalue weighted by atomic mass is 16.7. The van der Waals surface area contributed by atoms with Crippen LogP contribution in [-0.4, -0.2) is 18.7 Å². The molecule has 0 aliphatic carbocycles. The maximum atomic E-state index is 11.5. The smallest absolute Gasteiger partial charge is 0.327 e. The first-order valence-corrected chi connectivity index (χ1v) is 4.23. The fraction of sp³-hybridized carbons (Fsp3) is 0.400. The number of ether oxygens (including phenoxy) is 2. The van der Waals surface area contributed by atoms with Gasteiger partial charge in [-0.2, -0.15) is 0 Å². The number of rotatable bonds is 4. The van der Waals surface area contributed by atoms with Crippen LogP contribution in [0.4, 0.5) is 0 Å². The highest BCUT2D eigenvalue weighted by molar-refractivity contribution is 6.01. The summed E-state index contributed by atoms with van der Waals surface area (Å²) in [4.78, 5) is 23.0. The van der Waals surface area contributed by atoms with E-state index in [0.717, 1.165) is 0 Å². The summed E-state index contributed by atoms with van der Waals surface area (Å²) in [6.45, 7) is 6.70. The average Bonchev–Trinajstić information content (AvgIpc) is 2.15. The minimum absolute atomic E-state index is 0.205. The Morgan fingerprint density at radius 3 is 1.93 bits per heavy atom. The Morgan fingerprint density at radius 1 is 1.14 bits per heavy atom. The zero-order valence-electron chi connectivity index (χ0n) is 7.82. The van der Waals surface area contributed by atoms with Crippen LogP contribution in [0.25, 0.3) is 0 Å². The van der Waals surface area contributed by atoms with Crippen LogP contribution in [0.3, 0.4) is 0 Å². The molecule has 1 saturated heterocycles. The van der Waals surface area contributed by atoms with Crippen LogP contribution in [0.15, 0.2) is 25.3 Å². The summed E-state index contributed by atoms with van der Waals surface area (Å²) >= 11 is 0. The molecule has 0 aromatic heterocycles. The van der Waals surface area contributed by atoms with Gasteiger partial charge in [-0.15, -0.1) is 13.2 Å². The van der Waals surface area contributed by atoms with Gasteiger partial charge in [-0.25, -0.2) is 0 Å². The van der Waals surface area contributed by atoms with Crippen molar-refractivity contribution >= 4 is 11.9 Å². The minimum atomic E-state index is -1.26. The Bertz CT molecular complexity index is 252. The van der Waals surface area contributed by atoms with Gasteiger partial charge in [-0.05, 0) is 12.8 Å². The lowest BCUT2D eigenvalue weighted by molar-refractivity contribution is -0.201. The fourth-order valence-electron chi connectivity index (χ4n) is 1.41. The molecule has 0 radical (unpaired) electrons. The van der Waals surface area contributed by atoms with Crippen LogP contribution in [0.5, 0.6) is 0 Å². The van der Waals surface area contributed by atoms with Gasteiger partial charge in [0.2, 0.25) is 6.79 Å². The van der Waals surface area contributed by atoms with Crippen molar-refractivity contribution in [3.63, 3.8) is 0 Å². The number of carbonyl (C=O) groups excluding carboxylic acids is 2. The Labute approximate surface area is 82.2 Å². The molecule has 0 amide bonds. The fourth-order valence-corrected chi connectivity index (χ4v) is 1.41. The van der Waals surface area contributed by atoms with Crippen molar-refractivity contribution in [2.45, 2.75) is 12.8 Å². The zero-order valence-corrected chi connectivity index (χ0v) is 7.82. The largest absolute Gasteiger partial charge is 0.427 e. The van der Waals surface area contributed by atoms with E-state index >= 15 is 0 Å². The maximum Gasteiger partial charge on any atom is 0.327 e. The monoisotopic (exact) mass is 196 g/mol. The predicted octanol–water partition coefficient (Wildman–Crippen LogP) is 1.18. The van der Waals surface area contributed by atoms with E-state index in [4.69, 9.17) is 9.47 Å². The van der Waals surface area contributed by atoms with Crippen molar-refractivity contribution in [3.05, 3.63) is 25.3 Å². The summed E-state index contributed by atoms with van der Waals surface area (Å²) in [5, 5.41) is 0. The van der Waals surface area contributed by atoms with E-state index in [2.05, 4.69) is 13.2 Å². The summed E-state index contributed by atoms with van der Waals surface area (Å²) in [6.07, 6.45) is 3.40. The average molecular weight is 196 g/mol. The molecule has 1 fully saturated rings. The molecule has 0 aromatic carbocycles. The Morgan fingerprint density at radius 2 is 1.57 bits per heavy atom. The van der Waals surface area contributed by atoms with Gasteiger partial charge >= 0.3 is 11.9 Å². The molecule has 0 N–H and O–H groups in total. The predicted molar refractivity (Wildman–Crippen MR) is 49.1 cm³/mol. The number of hydrogen-bond donors (Lipinski definition) is 0. The third-order valence-corrected chi connectivity index (χ3v) is 2.15. The van der Waals surface area contributed by atoms with Gasteiger partial charge in [0.15, 0.2) is 5.41 Å². The lowest BCUT2D eigenvalue weighted by atomic mass is 9.81. The van der Waals surface area contributed by atoms with Gasteiger partial charge in [0.05, 0.1) is 0 Å². The van der Waals surface area contributed by atoms with Crippen LogP contribution in [0.1, 0.15) is 12.8 Å². The second kappa shape index (κ2) is 4.09. The molecule has 0 atom stereocenters. The Kier molecular flexibility index (Phi) is 3.06. The molecule has 1 aliphatic rings. The van der Waals surface area contributed by atoms with E-state index in [0.29, 0.717) is 0 Å². The number of cyclic esters (lactones) is 2. The number of carbonyl (C=O) groups is 2. The SMILES string of the molecule is C=CCC1(CC=C)C(=O)OCOC1=O. The molecule has 0 aromatic rings. The van der Waals surface area contributed by atoms with Crippen molar-refractivity contribution in [1.82, 2.24) is 0 Å². The van der Waals surface area contributed by atoms with Crippen LogP contribution >= 0.6 is 0 Å². The molecule has 1 heterocycles. The van der Waals surface area contributed by atoms with Crippen molar-refractivity contribution < 1.29 is 19.1 Å². The van der Waals surface area contributed by atoms with Crippen molar-refractivity contribution in [1.29, 1.82) is 0 Å². The second-order valence-corrected chi connectivity index (χ2v) is 3.05. The molecule has 0 unspecified atom stereocenters. The van der Waals surface area contributed by atoms with Crippen LogP contribution < -0.4 is 0 Å². The first-order valence-electron chi connectivity index (χ1n) is 4.23. The summed E-state index contributed by atoms with van der Waals surface area (Å²) < 4.78 is 9.38. The Balaban J connectivity index is 3.00. The third kappa shape index (κ3) is 1.55. The molecule has 14 heavy (non-hydrogen) atoms. The molecular formula is C10H12O4. The molecule has 0 bridgehead atoms.